The average Bonchev–Trinajstić information content (AvgIpc) is 3.62. The third-order valence-electron chi connectivity index (χ3n) is 9.54. The monoisotopic (exact) mass is 752 g/mol. The number of nitrogens with zero attached hydrogens (tertiary/aromatic N) is 2. The van der Waals surface area contributed by atoms with Crippen molar-refractivity contribution in [2.75, 3.05) is 18.4 Å². The van der Waals surface area contributed by atoms with Crippen molar-refractivity contribution in [1.29, 1.82) is 0 Å². The molecule has 5 rings (SSSR count). The molecule has 11 nitrogen and oxygen atoms in total. The number of benzene rings is 3. The van der Waals surface area contributed by atoms with Gasteiger partial charge in [0, 0.05) is 55.6 Å². The van der Waals surface area contributed by atoms with Crippen LogP contribution in [0.25, 0.3) is 0 Å². The van der Waals surface area contributed by atoms with Crippen molar-refractivity contribution in [2.45, 2.75) is 82.7 Å². The quantitative estimate of drug-likeness (QED) is 0.101. The molecule has 0 aromatic heterocycles. The summed E-state index contributed by atoms with van der Waals surface area (Å²) in [7, 11) is 0. The summed E-state index contributed by atoms with van der Waals surface area (Å²) < 4.78 is 60.2. The molecule has 286 valence electrons. The smallest absolute Gasteiger partial charge is 0.418 e. The Balaban J connectivity index is 1.10. The predicted octanol–water partition coefficient (Wildman–Crippen LogP) is 6.20. The molecule has 3 aromatic carbocycles. The van der Waals surface area contributed by atoms with Gasteiger partial charge in [0.15, 0.2) is 5.78 Å². The Kier molecular flexibility index (Phi) is 12.5. The second-order valence-electron chi connectivity index (χ2n) is 13.3. The molecule has 5 amide bonds. The highest BCUT2D eigenvalue weighted by atomic mass is 19.4. The number of aryl methyl sites for hydroxylation is 1. The van der Waals surface area contributed by atoms with Gasteiger partial charge in [-0.15, -0.1) is 0 Å². The van der Waals surface area contributed by atoms with Crippen LogP contribution in [0.2, 0.25) is 0 Å². The maximum atomic E-state index is 13.7. The van der Waals surface area contributed by atoms with Gasteiger partial charge in [0.25, 0.3) is 5.91 Å². The molecule has 1 saturated heterocycles. The van der Waals surface area contributed by atoms with Crippen LogP contribution in [0, 0.1) is 5.82 Å². The summed E-state index contributed by atoms with van der Waals surface area (Å²) in [5, 5.41) is 5.48. The lowest BCUT2D eigenvalue weighted by molar-refractivity contribution is -0.187. The number of hydrogen-bond donors (Lipinski definition) is 2. The number of amides is 5. The number of anilines is 1. The number of rotatable bonds is 16. The highest BCUT2D eigenvalue weighted by Crippen LogP contribution is 2.46. The number of nitrogens with one attached hydrogen (secondary N) is 2. The Morgan fingerprint density at radius 3 is 2.31 bits per heavy atom. The number of carbonyl (C=O) groups is 6. The second-order valence-corrected chi connectivity index (χ2v) is 13.3. The van der Waals surface area contributed by atoms with Crippen LogP contribution >= 0.6 is 0 Å². The molecule has 0 radical (unpaired) electrons. The van der Waals surface area contributed by atoms with E-state index in [1.54, 1.807) is 18.2 Å². The molecule has 54 heavy (non-hydrogen) atoms. The van der Waals surface area contributed by atoms with Gasteiger partial charge in [0.2, 0.25) is 23.3 Å². The average molecular weight is 753 g/mol. The van der Waals surface area contributed by atoms with E-state index in [1.165, 1.54) is 24.3 Å². The SMILES string of the molecule is C[C@H](N(Cc1ccc(F)cc1)C(=O)CN1C(=O)O[C@@]2(CCc3cc(NC(=O)CCC(=O)NCCCCCC(=O)c4ccccc4)ccc32)C1=O)C(F)(F)F. The van der Waals surface area contributed by atoms with Gasteiger partial charge in [-0.1, -0.05) is 55.0 Å². The number of hydrogen-bond acceptors (Lipinski definition) is 7. The van der Waals surface area contributed by atoms with Gasteiger partial charge in [-0.3, -0.25) is 24.0 Å². The van der Waals surface area contributed by atoms with Crippen LogP contribution in [-0.2, 0) is 42.5 Å². The van der Waals surface area contributed by atoms with E-state index in [0.29, 0.717) is 58.0 Å². The van der Waals surface area contributed by atoms with E-state index < -0.39 is 60.5 Å². The van der Waals surface area contributed by atoms with E-state index in [9.17, 15) is 46.3 Å². The lowest BCUT2D eigenvalue weighted by Gasteiger charge is -2.31. The molecule has 0 unspecified atom stereocenters. The van der Waals surface area contributed by atoms with Crippen molar-refractivity contribution < 1.29 is 51.1 Å². The normalized spacial score (nSPS) is 16.9. The van der Waals surface area contributed by atoms with Gasteiger partial charge < -0.3 is 20.3 Å². The van der Waals surface area contributed by atoms with Crippen LogP contribution in [0.4, 0.5) is 28.0 Å². The van der Waals surface area contributed by atoms with Gasteiger partial charge in [-0.2, -0.15) is 13.2 Å². The van der Waals surface area contributed by atoms with E-state index >= 15 is 0 Å². The Hall–Kier alpha value is -5.60. The number of carbonyl (C=O) groups excluding carboxylic acids is 6. The van der Waals surface area contributed by atoms with E-state index in [2.05, 4.69) is 10.6 Å². The highest BCUT2D eigenvalue weighted by Gasteiger charge is 2.58. The predicted molar refractivity (Wildman–Crippen MR) is 187 cm³/mol. The number of ketones is 1. The summed E-state index contributed by atoms with van der Waals surface area (Å²) in [4.78, 5) is 77.9. The topological polar surface area (TPSA) is 142 Å². The molecule has 1 spiro atoms. The first-order valence-electron chi connectivity index (χ1n) is 17.6. The fourth-order valence-electron chi connectivity index (χ4n) is 6.48. The van der Waals surface area contributed by atoms with Crippen LogP contribution in [0.5, 0.6) is 0 Å². The number of Topliss-reactive ketones (excluding diaryl/α,β-unsaturated/α-hetero) is 1. The van der Waals surface area contributed by atoms with E-state index in [0.717, 1.165) is 25.5 Å². The van der Waals surface area contributed by atoms with E-state index in [-0.39, 0.29) is 42.9 Å². The Morgan fingerprint density at radius 1 is 0.907 bits per heavy atom. The molecule has 1 fully saturated rings. The van der Waals surface area contributed by atoms with Crippen molar-refractivity contribution in [1.82, 2.24) is 15.1 Å². The Bertz CT molecular complexity index is 1890. The summed E-state index contributed by atoms with van der Waals surface area (Å²) in [5.41, 5.74) is 0.374. The number of alkyl halides is 3. The van der Waals surface area contributed by atoms with E-state index in [1.807, 2.05) is 18.2 Å². The van der Waals surface area contributed by atoms with Gasteiger partial charge >= 0.3 is 12.3 Å². The van der Waals surface area contributed by atoms with Crippen LogP contribution in [-0.4, -0.2) is 70.6 Å². The standard InChI is InChI=1S/C39H40F4N4O7/c1-25(39(41,42)43)46(23-26-11-13-29(40)14-12-26)35(51)24-47-36(52)38(54-37(47)53)20-19-28-22-30(15-16-31(28)38)45-34(50)18-17-33(49)44-21-7-3-6-10-32(48)27-8-4-2-5-9-27/h2,4-5,8-9,11-16,22,25H,3,6-7,10,17-21,23-24H2,1H3,(H,44,49)(H,45,50)/t25-,38+/m0/s1. The van der Waals surface area contributed by atoms with Gasteiger partial charge in [0.05, 0.1) is 0 Å². The summed E-state index contributed by atoms with van der Waals surface area (Å²) in [5.74, 6) is -3.32. The number of halogens is 4. The second kappa shape index (κ2) is 17.0. The molecular formula is C39H40F4N4O7. The molecular weight excluding hydrogens is 712 g/mol. The molecule has 2 N–H and O–H groups in total. The largest absolute Gasteiger partial charge is 0.427 e. The zero-order chi connectivity index (χ0) is 39.0. The fourth-order valence-corrected chi connectivity index (χ4v) is 6.48. The first-order chi connectivity index (χ1) is 25.7. The Labute approximate surface area is 309 Å². The molecule has 0 bridgehead atoms. The van der Waals surface area contributed by atoms with Gasteiger partial charge in [-0.05, 0) is 61.6 Å². The third-order valence-corrected chi connectivity index (χ3v) is 9.54. The van der Waals surface area contributed by atoms with Crippen molar-refractivity contribution in [3.8, 4) is 0 Å². The lowest BCUT2D eigenvalue weighted by atomic mass is 9.94. The molecule has 1 aliphatic heterocycles. The number of fused-ring (bicyclic) bond motifs is 2. The molecule has 1 heterocycles. The first-order valence-corrected chi connectivity index (χ1v) is 17.6. The molecule has 2 aliphatic rings. The zero-order valence-electron chi connectivity index (χ0n) is 29.5. The maximum absolute atomic E-state index is 13.7. The number of ether oxygens (including phenoxy) is 1. The van der Waals surface area contributed by atoms with Crippen LogP contribution in [0.1, 0.15) is 78.9 Å². The zero-order valence-corrected chi connectivity index (χ0v) is 29.5. The fraction of sp³-hybridized carbons (Fsp3) is 0.385. The van der Waals surface area contributed by atoms with Gasteiger partial charge in [0.1, 0.15) is 18.4 Å². The van der Waals surface area contributed by atoms with Crippen molar-refractivity contribution in [3.05, 3.63) is 101 Å². The van der Waals surface area contributed by atoms with Gasteiger partial charge in [-0.25, -0.2) is 14.1 Å². The molecule has 2 atom stereocenters. The number of unbranched alkanes of at least 4 members (excludes halogenated alkanes) is 2. The first kappa shape index (κ1) is 39.6. The summed E-state index contributed by atoms with van der Waals surface area (Å²) >= 11 is 0. The van der Waals surface area contributed by atoms with Crippen LogP contribution in [0.15, 0.2) is 72.8 Å². The number of imide groups is 1. The van der Waals surface area contributed by atoms with E-state index in [4.69, 9.17) is 4.74 Å². The molecule has 3 aromatic rings. The highest BCUT2D eigenvalue weighted by molar-refractivity contribution is 6.06. The molecule has 0 saturated carbocycles. The molecule has 15 heteroatoms. The third kappa shape index (κ3) is 9.49. The van der Waals surface area contributed by atoms with Crippen LogP contribution < -0.4 is 10.6 Å². The Morgan fingerprint density at radius 2 is 1.61 bits per heavy atom. The summed E-state index contributed by atoms with van der Waals surface area (Å²) in [6, 6.07) is 15.9. The van der Waals surface area contributed by atoms with Crippen molar-refractivity contribution in [2.24, 2.45) is 0 Å². The minimum absolute atomic E-state index is 0.0107. The molecule has 1 aliphatic carbocycles. The minimum atomic E-state index is -4.83. The van der Waals surface area contributed by atoms with Crippen molar-refractivity contribution in [3.63, 3.8) is 0 Å². The van der Waals surface area contributed by atoms with Crippen LogP contribution in [0.3, 0.4) is 0 Å². The lowest BCUT2D eigenvalue weighted by Crippen LogP contribution is -2.51. The summed E-state index contributed by atoms with van der Waals surface area (Å²) in [6.45, 7) is -0.367. The van der Waals surface area contributed by atoms with Crippen molar-refractivity contribution >= 4 is 41.2 Å². The minimum Gasteiger partial charge on any atom is -0.427 e. The summed E-state index contributed by atoms with van der Waals surface area (Å²) in [6.07, 6.45) is -3.31. The maximum Gasteiger partial charge on any atom is 0.418 e.